The van der Waals surface area contributed by atoms with E-state index in [9.17, 15) is 0 Å². The molecule has 0 fully saturated rings. The average molecular weight is 489 g/mol. The Labute approximate surface area is 213 Å². The highest BCUT2D eigenvalue weighted by Crippen LogP contribution is 2.42. The predicted molar refractivity (Wildman–Crippen MR) is 144 cm³/mol. The van der Waals surface area contributed by atoms with Gasteiger partial charge in [0.25, 0.3) is 0 Å². The predicted octanol–water partition coefficient (Wildman–Crippen LogP) is 6.21. The molecule has 37 heavy (non-hydrogen) atoms. The van der Waals surface area contributed by atoms with Crippen molar-refractivity contribution in [3.63, 3.8) is 0 Å². The fourth-order valence-electron chi connectivity index (χ4n) is 4.43. The molecule has 0 aliphatic heterocycles. The van der Waals surface area contributed by atoms with Crippen LogP contribution in [0.15, 0.2) is 97.3 Å². The first-order valence-electron chi connectivity index (χ1n) is 11.8. The molecule has 182 valence electrons. The van der Waals surface area contributed by atoms with E-state index in [2.05, 4.69) is 27.4 Å². The van der Waals surface area contributed by atoms with Crippen LogP contribution in [0.2, 0.25) is 0 Å². The molecule has 3 heterocycles. The van der Waals surface area contributed by atoms with E-state index in [1.165, 1.54) is 0 Å². The zero-order valence-electron chi connectivity index (χ0n) is 20.3. The third kappa shape index (κ3) is 4.04. The molecule has 6 rings (SSSR count). The Morgan fingerprint density at radius 2 is 1.43 bits per heavy atom. The van der Waals surface area contributed by atoms with Gasteiger partial charge in [0, 0.05) is 18.0 Å². The topological polar surface area (TPSA) is 89.4 Å². The Bertz CT molecular complexity index is 1640. The standard InChI is InChI=1S/C29H24N6O2/c1-36-22-15-13-20(14-16-22)24-26(33-29-30-17-18-31-29)32-27-23(19-9-5-3-6-10-19)25(21-11-7-4-8-12-21)34-35(27)28(24)37-2/h3-18H,1-2H3,(H2,30,31,32,33). The number of aromatic nitrogens is 5. The summed E-state index contributed by atoms with van der Waals surface area (Å²) in [5, 5.41) is 8.39. The number of ether oxygens (including phenoxy) is 2. The second-order valence-corrected chi connectivity index (χ2v) is 8.33. The molecule has 0 amide bonds. The Morgan fingerprint density at radius 1 is 0.757 bits per heavy atom. The quantitative estimate of drug-likeness (QED) is 0.278. The highest BCUT2D eigenvalue weighted by Gasteiger charge is 2.25. The van der Waals surface area contributed by atoms with Crippen LogP contribution < -0.4 is 14.8 Å². The van der Waals surface area contributed by atoms with Gasteiger partial charge in [-0.05, 0) is 23.3 Å². The molecule has 6 aromatic rings. The Morgan fingerprint density at radius 3 is 2.05 bits per heavy atom. The minimum Gasteiger partial charge on any atom is -0.497 e. The van der Waals surface area contributed by atoms with Crippen molar-refractivity contribution in [2.24, 2.45) is 0 Å². The molecule has 0 unspecified atom stereocenters. The van der Waals surface area contributed by atoms with E-state index < -0.39 is 0 Å². The van der Waals surface area contributed by atoms with Gasteiger partial charge in [0.1, 0.15) is 17.3 Å². The van der Waals surface area contributed by atoms with Gasteiger partial charge in [-0.2, -0.15) is 9.61 Å². The lowest BCUT2D eigenvalue weighted by Gasteiger charge is -2.16. The summed E-state index contributed by atoms with van der Waals surface area (Å²) in [6, 6.07) is 28.0. The van der Waals surface area contributed by atoms with E-state index in [4.69, 9.17) is 19.6 Å². The fourth-order valence-corrected chi connectivity index (χ4v) is 4.43. The van der Waals surface area contributed by atoms with E-state index in [0.717, 1.165) is 39.3 Å². The van der Waals surface area contributed by atoms with Crippen LogP contribution in [-0.2, 0) is 0 Å². The maximum absolute atomic E-state index is 6.03. The van der Waals surface area contributed by atoms with Crippen LogP contribution in [0.3, 0.4) is 0 Å². The molecular formula is C29H24N6O2. The van der Waals surface area contributed by atoms with Crippen LogP contribution in [0.5, 0.6) is 11.6 Å². The van der Waals surface area contributed by atoms with Gasteiger partial charge in [-0.15, -0.1) is 0 Å². The second kappa shape index (κ2) is 9.50. The summed E-state index contributed by atoms with van der Waals surface area (Å²) in [7, 11) is 3.29. The SMILES string of the molecule is COc1ccc(-c2c(Nc3ncc[nH]3)nc3c(-c4ccccc4)c(-c4ccccc4)nn3c2OC)cc1. The molecule has 0 aliphatic carbocycles. The van der Waals surface area contributed by atoms with Crippen molar-refractivity contribution in [2.75, 3.05) is 19.5 Å². The second-order valence-electron chi connectivity index (χ2n) is 8.33. The normalized spacial score (nSPS) is 11.0. The molecular weight excluding hydrogens is 464 g/mol. The number of H-pyrrole nitrogens is 1. The number of aromatic amines is 1. The van der Waals surface area contributed by atoms with Crippen molar-refractivity contribution in [3.05, 3.63) is 97.3 Å². The van der Waals surface area contributed by atoms with Crippen LogP contribution in [0.25, 0.3) is 39.2 Å². The van der Waals surface area contributed by atoms with Gasteiger partial charge in [0.05, 0.1) is 25.3 Å². The fraction of sp³-hybridized carbons (Fsp3) is 0.0690. The largest absolute Gasteiger partial charge is 0.497 e. The highest BCUT2D eigenvalue weighted by atomic mass is 16.5. The molecule has 0 radical (unpaired) electrons. The summed E-state index contributed by atoms with van der Waals surface area (Å²) in [6.07, 6.45) is 3.44. The van der Waals surface area contributed by atoms with E-state index in [-0.39, 0.29) is 0 Å². The van der Waals surface area contributed by atoms with Gasteiger partial charge < -0.3 is 19.8 Å². The number of fused-ring (bicyclic) bond motifs is 1. The Balaban J connectivity index is 1.69. The van der Waals surface area contributed by atoms with Crippen molar-refractivity contribution in [3.8, 4) is 45.1 Å². The summed E-state index contributed by atoms with van der Waals surface area (Å²) in [5.41, 5.74) is 6.01. The number of nitrogens with zero attached hydrogens (tertiary/aromatic N) is 4. The molecule has 2 N–H and O–H groups in total. The highest BCUT2D eigenvalue weighted by molar-refractivity contribution is 5.93. The summed E-state index contributed by atoms with van der Waals surface area (Å²) in [5.74, 6) is 2.46. The molecule has 0 saturated heterocycles. The van der Waals surface area contributed by atoms with Gasteiger partial charge in [-0.3, -0.25) is 0 Å². The summed E-state index contributed by atoms with van der Waals surface area (Å²) in [6.45, 7) is 0. The zero-order chi connectivity index (χ0) is 25.2. The number of hydrogen-bond donors (Lipinski definition) is 2. The van der Waals surface area contributed by atoms with E-state index in [0.29, 0.717) is 23.3 Å². The van der Waals surface area contributed by atoms with Crippen LogP contribution in [0.4, 0.5) is 11.8 Å². The van der Waals surface area contributed by atoms with Crippen LogP contribution >= 0.6 is 0 Å². The van der Waals surface area contributed by atoms with E-state index in [1.54, 1.807) is 31.1 Å². The maximum Gasteiger partial charge on any atom is 0.228 e. The molecule has 0 spiro atoms. The molecule has 0 aliphatic rings. The first-order valence-corrected chi connectivity index (χ1v) is 11.8. The van der Waals surface area contributed by atoms with Crippen LogP contribution in [-0.4, -0.2) is 38.8 Å². The Hall–Kier alpha value is -5.11. The maximum atomic E-state index is 6.03. The van der Waals surface area contributed by atoms with Gasteiger partial charge >= 0.3 is 0 Å². The minimum atomic E-state index is 0.545. The molecule has 0 saturated carbocycles. The Kier molecular flexibility index (Phi) is 5.74. The zero-order valence-corrected chi connectivity index (χ0v) is 20.3. The van der Waals surface area contributed by atoms with Crippen molar-refractivity contribution >= 4 is 17.4 Å². The number of methoxy groups -OCH3 is 2. The van der Waals surface area contributed by atoms with Gasteiger partial charge in [0.15, 0.2) is 5.65 Å². The summed E-state index contributed by atoms with van der Waals surface area (Å²) < 4.78 is 13.2. The lowest BCUT2D eigenvalue weighted by molar-refractivity contribution is 0.387. The summed E-state index contributed by atoms with van der Waals surface area (Å²) in [4.78, 5) is 12.6. The monoisotopic (exact) mass is 488 g/mol. The molecule has 3 aromatic carbocycles. The van der Waals surface area contributed by atoms with Crippen LogP contribution in [0, 0.1) is 0 Å². The number of rotatable bonds is 7. The molecule has 0 bridgehead atoms. The number of imidazole rings is 1. The third-order valence-electron chi connectivity index (χ3n) is 6.14. The lowest BCUT2D eigenvalue weighted by Crippen LogP contribution is -2.06. The van der Waals surface area contributed by atoms with E-state index in [1.807, 2.05) is 72.8 Å². The van der Waals surface area contributed by atoms with Crippen molar-refractivity contribution in [1.82, 2.24) is 24.6 Å². The van der Waals surface area contributed by atoms with Crippen LogP contribution in [0.1, 0.15) is 0 Å². The molecule has 0 atom stereocenters. The number of benzene rings is 3. The number of nitrogens with one attached hydrogen (secondary N) is 2. The first kappa shape index (κ1) is 22.4. The smallest absolute Gasteiger partial charge is 0.228 e. The van der Waals surface area contributed by atoms with Crippen molar-refractivity contribution in [2.45, 2.75) is 0 Å². The molecule has 3 aromatic heterocycles. The van der Waals surface area contributed by atoms with Gasteiger partial charge in [-0.25, -0.2) is 9.97 Å². The lowest BCUT2D eigenvalue weighted by atomic mass is 10.0. The third-order valence-corrected chi connectivity index (χ3v) is 6.14. The number of anilines is 2. The average Bonchev–Trinajstić information content (AvgIpc) is 3.61. The van der Waals surface area contributed by atoms with Crippen molar-refractivity contribution < 1.29 is 9.47 Å². The van der Waals surface area contributed by atoms with Gasteiger partial charge in [-0.1, -0.05) is 72.8 Å². The van der Waals surface area contributed by atoms with E-state index >= 15 is 0 Å². The minimum absolute atomic E-state index is 0.545. The first-order chi connectivity index (χ1) is 18.3. The number of hydrogen-bond acceptors (Lipinski definition) is 6. The van der Waals surface area contributed by atoms with Crippen molar-refractivity contribution in [1.29, 1.82) is 0 Å². The summed E-state index contributed by atoms with van der Waals surface area (Å²) >= 11 is 0. The molecule has 8 heteroatoms. The molecule has 8 nitrogen and oxygen atoms in total. The van der Waals surface area contributed by atoms with Gasteiger partial charge in [0.2, 0.25) is 11.8 Å².